The van der Waals surface area contributed by atoms with Crippen molar-refractivity contribution >= 4 is 28.9 Å². The molecule has 0 aliphatic rings. The molecule has 0 radical (unpaired) electrons. The minimum atomic E-state index is 0. The number of hydrogen-bond acceptors (Lipinski definition) is 3. The molecule has 2 aromatic rings. The number of phenolic OH excluding ortho intramolecular Hbond substituents is 1. The first kappa shape index (κ1) is 11.5. The van der Waals surface area contributed by atoms with Crippen molar-refractivity contribution in [3.8, 4) is 11.5 Å². The van der Waals surface area contributed by atoms with Gasteiger partial charge in [0.25, 0.3) is 0 Å². The molecule has 3 nitrogen and oxygen atoms in total. The summed E-state index contributed by atoms with van der Waals surface area (Å²) in [4.78, 5) is 0. The largest absolute Gasteiger partial charge is 0.506 e. The van der Waals surface area contributed by atoms with Gasteiger partial charge in [-0.25, -0.2) is 0 Å². The Hall–Kier alpha value is -1.61. The van der Waals surface area contributed by atoms with Gasteiger partial charge in [0.2, 0.25) is 0 Å². The summed E-state index contributed by atoms with van der Waals surface area (Å²) in [6, 6.07) is 8.92. The van der Waals surface area contributed by atoms with E-state index in [1.54, 1.807) is 13.2 Å². The standard InChI is InChI=1S/C11H11NO2.ClH/c1-14-8-3-4-9-7(6-8)2-5-10(13)11(9)12;/h2-6,13H,12H2,1H3;1H. The van der Waals surface area contributed by atoms with Gasteiger partial charge < -0.3 is 15.6 Å². The molecule has 2 rings (SSSR count). The molecule has 0 aliphatic heterocycles. The van der Waals surface area contributed by atoms with Crippen LogP contribution in [-0.4, -0.2) is 12.2 Å². The molecule has 3 N–H and O–H groups in total. The maximum absolute atomic E-state index is 9.39. The van der Waals surface area contributed by atoms with Crippen LogP contribution in [0.5, 0.6) is 11.5 Å². The SMILES string of the molecule is COc1ccc2c(N)c(O)ccc2c1.Cl. The molecule has 0 saturated heterocycles. The number of nitrogen functional groups attached to an aromatic ring is 1. The van der Waals surface area contributed by atoms with Crippen molar-refractivity contribution in [2.24, 2.45) is 0 Å². The zero-order valence-corrected chi connectivity index (χ0v) is 9.04. The van der Waals surface area contributed by atoms with Crippen LogP contribution < -0.4 is 10.5 Å². The van der Waals surface area contributed by atoms with Crippen molar-refractivity contribution in [3.63, 3.8) is 0 Å². The summed E-state index contributed by atoms with van der Waals surface area (Å²) >= 11 is 0. The number of halogens is 1. The zero-order chi connectivity index (χ0) is 10.1. The number of anilines is 1. The summed E-state index contributed by atoms with van der Waals surface area (Å²) in [5.41, 5.74) is 6.13. The lowest BCUT2D eigenvalue weighted by atomic mass is 10.1. The van der Waals surface area contributed by atoms with Crippen LogP contribution in [0.3, 0.4) is 0 Å². The summed E-state index contributed by atoms with van der Waals surface area (Å²) in [5.74, 6) is 0.894. The Balaban J connectivity index is 0.00000112. The third-order valence-corrected chi connectivity index (χ3v) is 2.25. The Bertz CT molecular complexity index is 485. The third-order valence-electron chi connectivity index (χ3n) is 2.25. The van der Waals surface area contributed by atoms with Gasteiger partial charge in [0.1, 0.15) is 11.5 Å². The van der Waals surface area contributed by atoms with Gasteiger partial charge in [0.05, 0.1) is 12.8 Å². The number of rotatable bonds is 1. The highest BCUT2D eigenvalue weighted by atomic mass is 35.5. The lowest BCUT2D eigenvalue weighted by Gasteiger charge is -2.06. The number of hydrogen-bond donors (Lipinski definition) is 2. The van der Waals surface area contributed by atoms with E-state index >= 15 is 0 Å². The van der Waals surface area contributed by atoms with E-state index in [1.165, 1.54) is 0 Å². The Labute approximate surface area is 93.9 Å². The fraction of sp³-hybridized carbons (Fsp3) is 0.0909. The normalized spacial score (nSPS) is 9.67. The van der Waals surface area contributed by atoms with Crippen LogP contribution in [0.15, 0.2) is 30.3 Å². The van der Waals surface area contributed by atoms with Crippen molar-refractivity contribution in [1.82, 2.24) is 0 Å². The van der Waals surface area contributed by atoms with Crippen LogP contribution in [-0.2, 0) is 0 Å². The van der Waals surface area contributed by atoms with Crippen molar-refractivity contribution in [2.75, 3.05) is 12.8 Å². The van der Waals surface area contributed by atoms with Crippen molar-refractivity contribution in [1.29, 1.82) is 0 Å². The Morgan fingerprint density at radius 2 is 1.93 bits per heavy atom. The van der Waals surface area contributed by atoms with Gasteiger partial charge in [-0.2, -0.15) is 0 Å². The number of nitrogens with two attached hydrogens (primary N) is 1. The quantitative estimate of drug-likeness (QED) is 0.579. The van der Waals surface area contributed by atoms with Crippen molar-refractivity contribution in [3.05, 3.63) is 30.3 Å². The molecule has 0 saturated carbocycles. The molecule has 0 heterocycles. The Kier molecular flexibility index (Phi) is 3.27. The molecular formula is C11H12ClNO2. The van der Waals surface area contributed by atoms with Crippen LogP contribution in [0.4, 0.5) is 5.69 Å². The second-order valence-electron chi connectivity index (χ2n) is 3.09. The third kappa shape index (κ3) is 1.92. The number of methoxy groups -OCH3 is 1. The highest BCUT2D eigenvalue weighted by molar-refractivity contribution is 5.96. The Morgan fingerprint density at radius 3 is 2.60 bits per heavy atom. The van der Waals surface area contributed by atoms with Gasteiger partial charge in [0.15, 0.2) is 0 Å². The molecular weight excluding hydrogens is 214 g/mol. The first-order valence-electron chi connectivity index (χ1n) is 4.27. The topological polar surface area (TPSA) is 55.5 Å². The monoisotopic (exact) mass is 225 g/mol. The highest BCUT2D eigenvalue weighted by Gasteiger charge is 2.03. The molecule has 0 atom stereocenters. The number of fused-ring (bicyclic) bond motifs is 1. The van der Waals surface area contributed by atoms with Gasteiger partial charge in [-0.3, -0.25) is 0 Å². The molecule has 0 unspecified atom stereocenters. The molecule has 0 fully saturated rings. The number of phenols is 1. The van der Waals surface area contributed by atoms with E-state index in [-0.39, 0.29) is 18.2 Å². The van der Waals surface area contributed by atoms with E-state index in [9.17, 15) is 5.11 Å². The number of benzene rings is 2. The average Bonchev–Trinajstić information content (AvgIpc) is 2.23. The molecule has 0 amide bonds. The van der Waals surface area contributed by atoms with Gasteiger partial charge in [-0.15, -0.1) is 12.4 Å². The van der Waals surface area contributed by atoms with E-state index in [2.05, 4.69) is 0 Å². The summed E-state index contributed by atoms with van der Waals surface area (Å²) in [6.45, 7) is 0. The molecule has 4 heteroatoms. The fourth-order valence-corrected chi connectivity index (χ4v) is 1.45. The fourth-order valence-electron chi connectivity index (χ4n) is 1.45. The van der Waals surface area contributed by atoms with Gasteiger partial charge >= 0.3 is 0 Å². The van der Waals surface area contributed by atoms with Gasteiger partial charge in [-0.05, 0) is 29.7 Å². The first-order chi connectivity index (χ1) is 6.72. The van der Waals surface area contributed by atoms with E-state index in [0.29, 0.717) is 5.69 Å². The summed E-state index contributed by atoms with van der Waals surface area (Å²) in [7, 11) is 1.62. The van der Waals surface area contributed by atoms with Crippen LogP contribution in [0.25, 0.3) is 10.8 Å². The van der Waals surface area contributed by atoms with E-state index in [4.69, 9.17) is 10.5 Å². The van der Waals surface area contributed by atoms with Crippen LogP contribution in [0.2, 0.25) is 0 Å². The maximum Gasteiger partial charge on any atom is 0.139 e. The molecule has 0 bridgehead atoms. The van der Waals surface area contributed by atoms with Crippen molar-refractivity contribution < 1.29 is 9.84 Å². The lowest BCUT2D eigenvalue weighted by Crippen LogP contribution is -1.88. The maximum atomic E-state index is 9.39. The first-order valence-corrected chi connectivity index (χ1v) is 4.27. The molecule has 0 aromatic heterocycles. The molecule has 0 spiro atoms. The lowest BCUT2D eigenvalue weighted by molar-refractivity contribution is 0.415. The molecule has 80 valence electrons. The second-order valence-corrected chi connectivity index (χ2v) is 3.09. The molecule has 15 heavy (non-hydrogen) atoms. The van der Waals surface area contributed by atoms with Gasteiger partial charge in [0, 0.05) is 5.39 Å². The number of ether oxygens (including phenoxy) is 1. The van der Waals surface area contributed by atoms with Crippen molar-refractivity contribution in [2.45, 2.75) is 0 Å². The van der Waals surface area contributed by atoms with E-state index in [1.807, 2.05) is 24.3 Å². The van der Waals surface area contributed by atoms with Crippen LogP contribution >= 0.6 is 12.4 Å². The summed E-state index contributed by atoms with van der Waals surface area (Å²) < 4.78 is 5.09. The van der Waals surface area contributed by atoms with Gasteiger partial charge in [-0.1, -0.05) is 6.07 Å². The molecule has 0 aliphatic carbocycles. The number of aromatic hydroxyl groups is 1. The minimum absolute atomic E-state index is 0. The Morgan fingerprint density at radius 1 is 1.20 bits per heavy atom. The molecule has 2 aromatic carbocycles. The summed E-state index contributed by atoms with van der Waals surface area (Å²) in [6.07, 6.45) is 0. The van der Waals surface area contributed by atoms with Crippen LogP contribution in [0.1, 0.15) is 0 Å². The minimum Gasteiger partial charge on any atom is -0.506 e. The predicted octanol–water partition coefficient (Wildman–Crippen LogP) is 2.56. The average molecular weight is 226 g/mol. The van der Waals surface area contributed by atoms with Crippen LogP contribution in [0, 0.1) is 0 Å². The highest BCUT2D eigenvalue weighted by Crippen LogP contribution is 2.31. The van der Waals surface area contributed by atoms with E-state index in [0.717, 1.165) is 16.5 Å². The van der Waals surface area contributed by atoms with E-state index < -0.39 is 0 Å². The zero-order valence-electron chi connectivity index (χ0n) is 8.23. The smallest absolute Gasteiger partial charge is 0.139 e. The predicted molar refractivity (Wildman–Crippen MR) is 63.8 cm³/mol. The summed E-state index contributed by atoms with van der Waals surface area (Å²) in [5, 5.41) is 11.2. The second kappa shape index (κ2) is 4.28.